The predicted octanol–water partition coefficient (Wildman–Crippen LogP) is 4.37. The van der Waals surface area contributed by atoms with E-state index in [9.17, 15) is 0 Å². The first-order chi connectivity index (χ1) is 8.47. The summed E-state index contributed by atoms with van der Waals surface area (Å²) in [6.07, 6.45) is 3.99. The maximum Gasteiger partial charge on any atom is 0.106 e. The second-order valence-electron chi connectivity index (χ2n) is 6.57. The molecule has 1 aromatic carbocycles. The molecule has 1 saturated carbocycles. The first-order valence-corrected chi connectivity index (χ1v) is 6.96. The van der Waals surface area contributed by atoms with E-state index < -0.39 is 0 Å². The number of fused-ring (bicyclic) bond motifs is 1. The van der Waals surface area contributed by atoms with Gasteiger partial charge in [-0.2, -0.15) is 0 Å². The molecule has 1 heterocycles. The molecule has 0 bridgehead atoms. The molecule has 0 spiro atoms. The average Bonchev–Trinajstić information content (AvgIpc) is 2.51. The first-order valence-electron chi connectivity index (χ1n) is 6.96. The van der Waals surface area contributed by atoms with Crippen LogP contribution in [-0.4, -0.2) is 9.55 Å². The van der Waals surface area contributed by atoms with E-state index in [1.54, 1.807) is 0 Å². The third kappa shape index (κ3) is 1.75. The third-order valence-corrected chi connectivity index (χ3v) is 4.17. The van der Waals surface area contributed by atoms with Gasteiger partial charge in [0, 0.05) is 6.04 Å². The van der Waals surface area contributed by atoms with Crippen molar-refractivity contribution < 1.29 is 0 Å². The van der Waals surface area contributed by atoms with Crippen LogP contribution in [0, 0.1) is 6.92 Å². The average molecular weight is 242 g/mol. The zero-order valence-electron chi connectivity index (χ0n) is 11.8. The van der Waals surface area contributed by atoms with Crippen molar-refractivity contribution in [3.8, 4) is 0 Å². The molecule has 2 aromatic rings. The number of rotatable bonds is 1. The smallest absolute Gasteiger partial charge is 0.106 e. The summed E-state index contributed by atoms with van der Waals surface area (Å²) in [5, 5.41) is 0. The Morgan fingerprint density at radius 3 is 2.50 bits per heavy atom. The molecule has 1 aliphatic rings. The molecule has 18 heavy (non-hydrogen) atoms. The van der Waals surface area contributed by atoms with Gasteiger partial charge < -0.3 is 4.57 Å². The predicted molar refractivity (Wildman–Crippen MR) is 76.1 cm³/mol. The molecule has 0 aliphatic heterocycles. The number of hydrogen-bond acceptors (Lipinski definition) is 1. The largest absolute Gasteiger partial charge is 0.325 e. The topological polar surface area (TPSA) is 17.8 Å². The van der Waals surface area contributed by atoms with Gasteiger partial charge in [-0.25, -0.2) is 4.98 Å². The summed E-state index contributed by atoms with van der Waals surface area (Å²) in [7, 11) is 0. The summed E-state index contributed by atoms with van der Waals surface area (Å²) < 4.78 is 2.45. The van der Waals surface area contributed by atoms with Crippen molar-refractivity contribution in [2.24, 2.45) is 0 Å². The second-order valence-corrected chi connectivity index (χ2v) is 6.57. The van der Waals surface area contributed by atoms with E-state index in [0.717, 1.165) is 5.52 Å². The van der Waals surface area contributed by atoms with E-state index in [0.29, 0.717) is 6.04 Å². The summed E-state index contributed by atoms with van der Waals surface area (Å²) in [5.41, 5.74) is 4.07. The van der Waals surface area contributed by atoms with Crippen molar-refractivity contribution in [3.63, 3.8) is 0 Å². The van der Waals surface area contributed by atoms with Gasteiger partial charge in [0.2, 0.25) is 0 Å². The van der Waals surface area contributed by atoms with Crippen molar-refractivity contribution in [3.05, 3.63) is 29.6 Å². The van der Waals surface area contributed by atoms with Crippen molar-refractivity contribution in [1.29, 1.82) is 0 Å². The van der Waals surface area contributed by atoms with Crippen molar-refractivity contribution >= 4 is 11.0 Å². The Bertz CT molecular complexity index is 583. The molecule has 0 N–H and O–H groups in total. The Kier molecular flexibility index (Phi) is 2.51. The number of aryl methyl sites for hydroxylation is 1. The van der Waals surface area contributed by atoms with Crippen LogP contribution in [0.1, 0.15) is 57.5 Å². The van der Waals surface area contributed by atoms with Crippen molar-refractivity contribution in [2.75, 3.05) is 0 Å². The monoisotopic (exact) mass is 242 g/mol. The van der Waals surface area contributed by atoms with Crippen molar-refractivity contribution in [2.45, 2.75) is 58.4 Å². The number of aromatic nitrogens is 2. The maximum absolute atomic E-state index is 4.70. The Labute approximate surface area is 109 Å². The molecular weight excluding hydrogens is 220 g/mol. The first kappa shape index (κ1) is 11.8. The van der Waals surface area contributed by atoms with Gasteiger partial charge in [0.25, 0.3) is 0 Å². The zero-order valence-corrected chi connectivity index (χ0v) is 11.8. The molecule has 0 saturated heterocycles. The van der Waals surface area contributed by atoms with Crippen LogP contribution in [0.5, 0.6) is 0 Å². The fourth-order valence-electron chi connectivity index (χ4n) is 2.79. The molecule has 0 radical (unpaired) electrons. The maximum atomic E-state index is 4.70. The van der Waals surface area contributed by atoms with Crippen LogP contribution in [-0.2, 0) is 5.41 Å². The normalized spacial score (nSPS) is 17.1. The van der Waals surface area contributed by atoms with Gasteiger partial charge >= 0.3 is 0 Å². The lowest BCUT2D eigenvalue weighted by atomic mass is 9.86. The summed E-state index contributed by atoms with van der Waals surface area (Å²) in [6, 6.07) is 7.43. The van der Waals surface area contributed by atoms with Gasteiger partial charge in [0.15, 0.2) is 0 Å². The molecule has 96 valence electrons. The lowest BCUT2D eigenvalue weighted by Crippen LogP contribution is -2.18. The quantitative estimate of drug-likeness (QED) is 0.726. The third-order valence-electron chi connectivity index (χ3n) is 4.17. The van der Waals surface area contributed by atoms with Gasteiger partial charge in [-0.3, -0.25) is 0 Å². The number of imidazole rings is 1. The van der Waals surface area contributed by atoms with Gasteiger partial charge in [-0.05, 0) is 49.3 Å². The van der Waals surface area contributed by atoms with E-state index in [1.807, 2.05) is 0 Å². The Morgan fingerprint density at radius 1 is 1.22 bits per heavy atom. The zero-order chi connectivity index (χ0) is 12.9. The van der Waals surface area contributed by atoms with Crippen LogP contribution in [0.3, 0.4) is 0 Å². The highest BCUT2D eigenvalue weighted by Crippen LogP contribution is 2.36. The summed E-state index contributed by atoms with van der Waals surface area (Å²) in [6.45, 7) is 8.94. The van der Waals surface area contributed by atoms with Crippen LogP contribution < -0.4 is 0 Å². The molecule has 0 unspecified atom stereocenters. The molecule has 3 rings (SSSR count). The SMILES string of the molecule is Cc1nc2ccc(C(C)(C)C)cc2n1C1CCC1. The van der Waals surface area contributed by atoms with E-state index in [-0.39, 0.29) is 5.41 Å². The van der Waals surface area contributed by atoms with E-state index in [4.69, 9.17) is 4.98 Å². The molecule has 1 aromatic heterocycles. The summed E-state index contributed by atoms with van der Waals surface area (Å²) >= 11 is 0. The Morgan fingerprint density at radius 2 is 1.94 bits per heavy atom. The fraction of sp³-hybridized carbons (Fsp3) is 0.562. The van der Waals surface area contributed by atoms with E-state index >= 15 is 0 Å². The Balaban J connectivity index is 2.18. The number of nitrogens with zero attached hydrogens (tertiary/aromatic N) is 2. The lowest BCUT2D eigenvalue weighted by Gasteiger charge is -2.29. The van der Waals surface area contributed by atoms with Gasteiger partial charge in [-0.1, -0.05) is 26.8 Å². The van der Waals surface area contributed by atoms with E-state index in [1.165, 1.54) is 36.2 Å². The summed E-state index contributed by atoms with van der Waals surface area (Å²) in [5.74, 6) is 1.17. The molecule has 0 amide bonds. The minimum Gasteiger partial charge on any atom is -0.325 e. The van der Waals surface area contributed by atoms with Gasteiger partial charge in [0.05, 0.1) is 11.0 Å². The minimum atomic E-state index is 0.205. The van der Waals surface area contributed by atoms with Crippen LogP contribution in [0.25, 0.3) is 11.0 Å². The highest BCUT2D eigenvalue weighted by molar-refractivity contribution is 5.77. The molecule has 0 atom stereocenters. The van der Waals surface area contributed by atoms with Crippen LogP contribution in [0.2, 0.25) is 0 Å². The Hall–Kier alpha value is -1.31. The minimum absolute atomic E-state index is 0.205. The molecule has 1 fully saturated rings. The number of benzene rings is 1. The second kappa shape index (κ2) is 3.84. The van der Waals surface area contributed by atoms with Crippen LogP contribution in [0.15, 0.2) is 18.2 Å². The molecule has 2 nitrogen and oxygen atoms in total. The molecular formula is C16H22N2. The fourth-order valence-corrected chi connectivity index (χ4v) is 2.79. The highest BCUT2D eigenvalue weighted by Gasteiger charge is 2.24. The van der Waals surface area contributed by atoms with E-state index in [2.05, 4.69) is 50.5 Å². The van der Waals surface area contributed by atoms with Gasteiger partial charge in [-0.15, -0.1) is 0 Å². The van der Waals surface area contributed by atoms with Crippen molar-refractivity contribution in [1.82, 2.24) is 9.55 Å². The molecule has 1 aliphatic carbocycles. The molecule has 2 heteroatoms. The number of hydrogen-bond donors (Lipinski definition) is 0. The standard InChI is InChI=1S/C16H22N2/c1-11-17-14-9-8-12(16(2,3)4)10-15(14)18(11)13-6-5-7-13/h8-10,13H,5-7H2,1-4H3. The van der Waals surface area contributed by atoms with Crippen LogP contribution in [0.4, 0.5) is 0 Å². The highest BCUT2D eigenvalue weighted by atomic mass is 15.1. The van der Waals surface area contributed by atoms with Gasteiger partial charge in [0.1, 0.15) is 5.82 Å². The lowest BCUT2D eigenvalue weighted by molar-refractivity contribution is 0.315. The van der Waals surface area contributed by atoms with Crippen LogP contribution >= 0.6 is 0 Å². The summed E-state index contributed by atoms with van der Waals surface area (Å²) in [4.78, 5) is 4.70.